The van der Waals surface area contributed by atoms with Crippen LogP contribution >= 0.6 is 0 Å². The SMILES string of the molecule is CCCCOc1cc(OCCCC)c2c(c1)O[C@H](c1ccc(OCCCC)c(OCCCC)c1)[C@@H](O)C2. The summed E-state index contributed by atoms with van der Waals surface area (Å²) >= 11 is 0. The largest absolute Gasteiger partial charge is 0.493 e. The Hall–Kier alpha value is -2.60. The maximum Gasteiger partial charge on any atom is 0.161 e. The van der Waals surface area contributed by atoms with Gasteiger partial charge in [0.05, 0.1) is 32.5 Å². The van der Waals surface area contributed by atoms with Crippen molar-refractivity contribution < 1.29 is 28.8 Å². The van der Waals surface area contributed by atoms with Crippen LogP contribution in [0.3, 0.4) is 0 Å². The van der Waals surface area contributed by atoms with E-state index in [4.69, 9.17) is 23.7 Å². The molecular formula is C31H46O6. The Balaban J connectivity index is 1.87. The minimum Gasteiger partial charge on any atom is -0.493 e. The molecule has 206 valence electrons. The van der Waals surface area contributed by atoms with Gasteiger partial charge in [0.2, 0.25) is 0 Å². The predicted octanol–water partition coefficient (Wildman–Crippen LogP) is 7.44. The molecule has 0 saturated carbocycles. The molecule has 1 N–H and O–H groups in total. The van der Waals surface area contributed by atoms with Gasteiger partial charge in [0.15, 0.2) is 11.5 Å². The number of hydrogen-bond donors (Lipinski definition) is 1. The highest BCUT2D eigenvalue weighted by Crippen LogP contribution is 2.44. The zero-order valence-electron chi connectivity index (χ0n) is 23.2. The third-order valence-corrected chi connectivity index (χ3v) is 6.49. The molecule has 6 nitrogen and oxygen atoms in total. The van der Waals surface area contributed by atoms with Crippen LogP contribution in [-0.4, -0.2) is 37.6 Å². The van der Waals surface area contributed by atoms with Gasteiger partial charge in [-0.15, -0.1) is 0 Å². The van der Waals surface area contributed by atoms with E-state index in [1.54, 1.807) is 0 Å². The zero-order valence-corrected chi connectivity index (χ0v) is 23.2. The van der Waals surface area contributed by atoms with Crippen molar-refractivity contribution in [2.45, 2.75) is 97.7 Å². The van der Waals surface area contributed by atoms with Crippen molar-refractivity contribution >= 4 is 0 Å². The summed E-state index contributed by atoms with van der Waals surface area (Å²) in [6.07, 6.45) is 7.35. The highest BCUT2D eigenvalue weighted by molar-refractivity contribution is 5.53. The fraction of sp³-hybridized carbons (Fsp3) is 0.613. The third kappa shape index (κ3) is 8.46. The van der Waals surface area contributed by atoms with Gasteiger partial charge in [0.1, 0.15) is 23.4 Å². The number of rotatable bonds is 17. The number of ether oxygens (including phenoxy) is 5. The van der Waals surface area contributed by atoms with Gasteiger partial charge in [0, 0.05) is 24.1 Å². The lowest BCUT2D eigenvalue weighted by molar-refractivity contribution is 0.0193. The van der Waals surface area contributed by atoms with E-state index in [2.05, 4.69) is 27.7 Å². The molecule has 1 heterocycles. The highest BCUT2D eigenvalue weighted by Gasteiger charge is 2.33. The molecule has 2 atom stereocenters. The molecule has 0 radical (unpaired) electrons. The van der Waals surface area contributed by atoms with Crippen LogP contribution in [0.4, 0.5) is 0 Å². The normalized spacial score (nSPS) is 16.6. The summed E-state index contributed by atoms with van der Waals surface area (Å²) in [5, 5.41) is 11.2. The van der Waals surface area contributed by atoms with Crippen molar-refractivity contribution in [2.75, 3.05) is 26.4 Å². The molecule has 0 bridgehead atoms. The average molecular weight is 515 g/mol. The number of aliphatic hydroxyl groups is 1. The van der Waals surface area contributed by atoms with Crippen molar-refractivity contribution in [1.29, 1.82) is 0 Å². The van der Waals surface area contributed by atoms with Crippen molar-refractivity contribution in [3.8, 4) is 28.7 Å². The van der Waals surface area contributed by atoms with Gasteiger partial charge in [-0.25, -0.2) is 0 Å². The minimum absolute atomic E-state index is 0.442. The van der Waals surface area contributed by atoms with Crippen LogP contribution in [-0.2, 0) is 6.42 Å². The Morgan fingerprint density at radius 1 is 0.703 bits per heavy atom. The van der Waals surface area contributed by atoms with Crippen LogP contribution < -0.4 is 23.7 Å². The van der Waals surface area contributed by atoms with Crippen LogP contribution in [0, 0.1) is 0 Å². The van der Waals surface area contributed by atoms with Gasteiger partial charge < -0.3 is 28.8 Å². The molecule has 1 aliphatic heterocycles. The van der Waals surface area contributed by atoms with Crippen molar-refractivity contribution in [1.82, 2.24) is 0 Å². The second kappa shape index (κ2) is 15.6. The second-order valence-electron chi connectivity index (χ2n) is 9.72. The molecule has 3 rings (SSSR count). The summed E-state index contributed by atoms with van der Waals surface area (Å²) in [6.45, 7) is 11.1. The van der Waals surface area contributed by atoms with Crippen LogP contribution in [0.5, 0.6) is 28.7 Å². The summed E-state index contributed by atoms with van der Waals surface area (Å²) in [7, 11) is 0. The van der Waals surface area contributed by atoms with Crippen molar-refractivity contribution in [3.05, 3.63) is 41.5 Å². The standard InChI is InChI=1S/C31H46O6/c1-5-9-15-33-24-20-28(35-17-11-7-3)25-22-26(32)31(37-29(25)21-24)23-13-14-27(34-16-10-6-2)30(19-23)36-18-12-8-4/h13-14,19-21,26,31-32H,5-12,15-18,22H2,1-4H3/t26-,31+/m0/s1. The molecule has 2 aromatic rings. The molecule has 2 aromatic carbocycles. The Kier molecular flexibility index (Phi) is 12.2. The van der Waals surface area contributed by atoms with Crippen LogP contribution in [0.15, 0.2) is 30.3 Å². The molecule has 0 aliphatic carbocycles. The van der Waals surface area contributed by atoms with E-state index in [0.29, 0.717) is 44.3 Å². The molecule has 0 unspecified atom stereocenters. The second-order valence-corrected chi connectivity index (χ2v) is 9.72. The fourth-order valence-corrected chi connectivity index (χ4v) is 4.18. The topological polar surface area (TPSA) is 66.4 Å². The Bertz CT molecular complexity index is 944. The minimum atomic E-state index is -0.719. The maximum absolute atomic E-state index is 11.2. The van der Waals surface area contributed by atoms with Crippen LogP contribution in [0.2, 0.25) is 0 Å². The smallest absolute Gasteiger partial charge is 0.161 e. The van der Waals surface area contributed by atoms with E-state index in [0.717, 1.165) is 79.7 Å². The molecular weight excluding hydrogens is 468 g/mol. The van der Waals surface area contributed by atoms with Gasteiger partial charge in [-0.3, -0.25) is 0 Å². The first-order valence-corrected chi connectivity index (χ1v) is 14.3. The average Bonchev–Trinajstić information content (AvgIpc) is 2.90. The molecule has 6 heteroatoms. The molecule has 37 heavy (non-hydrogen) atoms. The van der Waals surface area contributed by atoms with Crippen molar-refractivity contribution in [2.24, 2.45) is 0 Å². The van der Waals surface area contributed by atoms with Gasteiger partial charge in [-0.2, -0.15) is 0 Å². The lowest BCUT2D eigenvalue weighted by Gasteiger charge is -2.32. The maximum atomic E-state index is 11.2. The summed E-state index contributed by atoms with van der Waals surface area (Å²) in [5.41, 5.74) is 1.75. The van der Waals surface area contributed by atoms with Crippen LogP contribution in [0.25, 0.3) is 0 Å². The summed E-state index contributed by atoms with van der Waals surface area (Å²) in [5.74, 6) is 3.60. The van der Waals surface area contributed by atoms with Gasteiger partial charge in [0.25, 0.3) is 0 Å². The monoisotopic (exact) mass is 514 g/mol. The highest BCUT2D eigenvalue weighted by atomic mass is 16.5. The van der Waals surface area contributed by atoms with E-state index in [-0.39, 0.29) is 0 Å². The third-order valence-electron chi connectivity index (χ3n) is 6.49. The number of aliphatic hydroxyl groups excluding tert-OH is 1. The zero-order chi connectivity index (χ0) is 26.5. The molecule has 0 spiro atoms. The Morgan fingerprint density at radius 2 is 1.27 bits per heavy atom. The molecule has 0 fully saturated rings. The lowest BCUT2D eigenvalue weighted by atomic mass is 9.93. The summed E-state index contributed by atoms with van der Waals surface area (Å²) in [6, 6.07) is 9.71. The predicted molar refractivity (Wildman–Crippen MR) is 148 cm³/mol. The number of fused-ring (bicyclic) bond motifs is 1. The van der Waals surface area contributed by atoms with Crippen molar-refractivity contribution in [3.63, 3.8) is 0 Å². The Morgan fingerprint density at radius 3 is 1.89 bits per heavy atom. The molecule has 0 aromatic heterocycles. The van der Waals surface area contributed by atoms with Gasteiger partial charge in [-0.05, 0) is 43.4 Å². The molecule has 1 aliphatic rings. The molecule has 0 saturated heterocycles. The Labute approximate surface area is 223 Å². The molecule has 0 amide bonds. The van der Waals surface area contributed by atoms with E-state index in [1.165, 1.54) is 0 Å². The fourth-order valence-electron chi connectivity index (χ4n) is 4.18. The number of benzene rings is 2. The van der Waals surface area contributed by atoms with Gasteiger partial charge in [-0.1, -0.05) is 59.4 Å². The number of unbranched alkanes of at least 4 members (excludes halogenated alkanes) is 4. The lowest BCUT2D eigenvalue weighted by Crippen LogP contribution is -2.30. The van der Waals surface area contributed by atoms with E-state index >= 15 is 0 Å². The first-order valence-electron chi connectivity index (χ1n) is 14.3. The first kappa shape index (κ1) is 29.0. The van der Waals surface area contributed by atoms with Crippen LogP contribution in [0.1, 0.15) is 96.3 Å². The van der Waals surface area contributed by atoms with Gasteiger partial charge >= 0.3 is 0 Å². The summed E-state index contributed by atoms with van der Waals surface area (Å²) in [4.78, 5) is 0. The van der Waals surface area contributed by atoms with E-state index in [1.807, 2.05) is 30.3 Å². The first-order chi connectivity index (χ1) is 18.1. The quantitative estimate of drug-likeness (QED) is 0.221. The van der Waals surface area contributed by atoms with E-state index in [9.17, 15) is 5.11 Å². The number of hydrogen-bond acceptors (Lipinski definition) is 6. The summed E-state index contributed by atoms with van der Waals surface area (Å²) < 4.78 is 30.6. The van der Waals surface area contributed by atoms with E-state index < -0.39 is 12.2 Å².